The summed E-state index contributed by atoms with van der Waals surface area (Å²) in [4.78, 5) is 15.3. The molecule has 0 bridgehead atoms. The van der Waals surface area contributed by atoms with Crippen molar-refractivity contribution < 1.29 is 9.21 Å². The monoisotopic (exact) mass is 455 g/mol. The highest BCUT2D eigenvalue weighted by Crippen LogP contribution is 2.35. The minimum absolute atomic E-state index is 0.0604. The number of thiocarbonyl (C=S) groups is 1. The zero-order valence-corrected chi connectivity index (χ0v) is 17.3. The Morgan fingerprint density at radius 2 is 1.78 bits per heavy atom. The number of halogens is 1. The SMILES string of the molecule is O=C1S/C(=C\c2ccc(-c3ccc(Br)cc3)o2)C(=S)N1Cc1ccccc1. The summed E-state index contributed by atoms with van der Waals surface area (Å²) in [5.74, 6) is 1.45. The van der Waals surface area contributed by atoms with Crippen LogP contribution in [-0.4, -0.2) is 15.1 Å². The fourth-order valence-electron chi connectivity index (χ4n) is 2.73. The highest BCUT2D eigenvalue weighted by atomic mass is 79.9. The molecule has 3 nitrogen and oxygen atoms in total. The number of nitrogens with zero attached hydrogens (tertiary/aromatic N) is 1. The van der Waals surface area contributed by atoms with E-state index in [4.69, 9.17) is 16.6 Å². The van der Waals surface area contributed by atoms with E-state index in [1.165, 1.54) is 0 Å². The summed E-state index contributed by atoms with van der Waals surface area (Å²) in [7, 11) is 0. The van der Waals surface area contributed by atoms with Crippen molar-refractivity contribution in [3.05, 3.63) is 87.4 Å². The van der Waals surface area contributed by atoms with Gasteiger partial charge in [-0.25, -0.2) is 0 Å². The van der Waals surface area contributed by atoms with Gasteiger partial charge in [0.1, 0.15) is 16.5 Å². The van der Waals surface area contributed by atoms with Gasteiger partial charge in [0, 0.05) is 10.0 Å². The van der Waals surface area contributed by atoms with Gasteiger partial charge in [0.15, 0.2) is 0 Å². The van der Waals surface area contributed by atoms with Crippen molar-refractivity contribution in [3.8, 4) is 11.3 Å². The molecule has 1 amide bonds. The van der Waals surface area contributed by atoms with E-state index in [0.717, 1.165) is 38.0 Å². The molecule has 1 aliphatic rings. The third-order valence-corrected chi connectivity index (χ3v) is 6.11. The lowest BCUT2D eigenvalue weighted by Crippen LogP contribution is -2.26. The lowest BCUT2D eigenvalue weighted by Gasteiger charge is -2.14. The molecule has 1 aromatic heterocycles. The zero-order valence-electron chi connectivity index (χ0n) is 14.1. The van der Waals surface area contributed by atoms with Crippen LogP contribution in [-0.2, 0) is 6.54 Å². The van der Waals surface area contributed by atoms with Gasteiger partial charge in [-0.1, -0.05) is 70.6 Å². The van der Waals surface area contributed by atoms with E-state index < -0.39 is 0 Å². The maximum absolute atomic E-state index is 12.4. The summed E-state index contributed by atoms with van der Waals surface area (Å²) in [6, 6.07) is 21.5. The van der Waals surface area contributed by atoms with E-state index in [-0.39, 0.29) is 5.24 Å². The molecule has 0 aliphatic carbocycles. The molecule has 0 unspecified atom stereocenters. The Morgan fingerprint density at radius 1 is 1.04 bits per heavy atom. The standard InChI is InChI=1S/C21H14BrNO2S2/c22-16-8-6-15(7-9-16)18-11-10-17(25-18)12-19-20(26)23(21(24)27-19)13-14-4-2-1-3-5-14/h1-12H,13H2/b19-12-. The van der Waals surface area contributed by atoms with E-state index in [1.807, 2.05) is 72.8 Å². The highest BCUT2D eigenvalue weighted by molar-refractivity contribution is 9.10. The molecule has 0 radical (unpaired) electrons. The van der Waals surface area contributed by atoms with Crippen LogP contribution in [0.5, 0.6) is 0 Å². The first-order valence-corrected chi connectivity index (χ1v) is 10.3. The fourth-order valence-corrected chi connectivity index (χ4v) is 4.21. The molecule has 0 N–H and O–H groups in total. The molecule has 134 valence electrons. The number of carbonyl (C=O) groups is 1. The van der Waals surface area contributed by atoms with E-state index in [1.54, 1.807) is 4.90 Å². The third kappa shape index (κ3) is 4.08. The lowest BCUT2D eigenvalue weighted by molar-refractivity contribution is 0.244. The first-order valence-electron chi connectivity index (χ1n) is 8.25. The molecule has 0 atom stereocenters. The van der Waals surface area contributed by atoms with Gasteiger partial charge >= 0.3 is 0 Å². The molecule has 1 fully saturated rings. The van der Waals surface area contributed by atoms with Gasteiger partial charge in [-0.05, 0) is 47.7 Å². The van der Waals surface area contributed by atoms with Crippen LogP contribution in [0.2, 0.25) is 0 Å². The Labute approximate surface area is 175 Å². The van der Waals surface area contributed by atoms with Crippen molar-refractivity contribution >= 4 is 56.2 Å². The van der Waals surface area contributed by atoms with E-state index in [2.05, 4.69) is 15.9 Å². The predicted molar refractivity (Wildman–Crippen MR) is 117 cm³/mol. The summed E-state index contributed by atoms with van der Waals surface area (Å²) < 4.78 is 6.93. The Morgan fingerprint density at radius 3 is 2.52 bits per heavy atom. The molecule has 4 rings (SSSR count). The quantitative estimate of drug-likeness (QED) is 0.321. The van der Waals surface area contributed by atoms with Gasteiger partial charge in [-0.15, -0.1) is 0 Å². The summed E-state index contributed by atoms with van der Waals surface area (Å²) in [5, 5.41) is -0.0604. The Bertz CT molecular complexity index is 1030. The molecule has 0 saturated carbocycles. The van der Waals surface area contributed by atoms with Crippen molar-refractivity contribution in [1.82, 2.24) is 4.90 Å². The third-order valence-electron chi connectivity index (χ3n) is 4.09. The molecular formula is C21H14BrNO2S2. The van der Waals surface area contributed by atoms with Crippen molar-refractivity contribution in [1.29, 1.82) is 0 Å². The number of carbonyl (C=O) groups excluding carboxylic acids is 1. The van der Waals surface area contributed by atoms with Gasteiger partial charge < -0.3 is 4.42 Å². The van der Waals surface area contributed by atoms with Gasteiger partial charge in [-0.2, -0.15) is 0 Å². The number of rotatable bonds is 4. The van der Waals surface area contributed by atoms with Crippen molar-refractivity contribution in [2.75, 3.05) is 0 Å². The molecule has 0 spiro atoms. The number of hydrogen-bond donors (Lipinski definition) is 0. The number of hydrogen-bond acceptors (Lipinski definition) is 4. The summed E-state index contributed by atoms with van der Waals surface area (Å²) in [5.41, 5.74) is 2.04. The molecule has 27 heavy (non-hydrogen) atoms. The Kier molecular flexibility index (Phi) is 5.29. The molecule has 2 aromatic carbocycles. The smallest absolute Gasteiger partial charge is 0.291 e. The highest BCUT2D eigenvalue weighted by Gasteiger charge is 2.31. The van der Waals surface area contributed by atoms with Gasteiger partial charge in [-0.3, -0.25) is 9.69 Å². The van der Waals surface area contributed by atoms with Crippen molar-refractivity contribution in [2.45, 2.75) is 6.54 Å². The fraction of sp³-hybridized carbons (Fsp3) is 0.0476. The lowest BCUT2D eigenvalue weighted by atomic mass is 10.2. The predicted octanol–water partition coefficient (Wildman–Crippen LogP) is 6.75. The molecular weight excluding hydrogens is 442 g/mol. The zero-order chi connectivity index (χ0) is 18.8. The first kappa shape index (κ1) is 18.2. The average molecular weight is 456 g/mol. The van der Waals surface area contributed by atoms with Crippen LogP contribution in [0.1, 0.15) is 11.3 Å². The van der Waals surface area contributed by atoms with E-state index in [9.17, 15) is 4.79 Å². The van der Waals surface area contributed by atoms with Gasteiger partial charge in [0.25, 0.3) is 5.24 Å². The average Bonchev–Trinajstić information content (AvgIpc) is 3.24. The van der Waals surface area contributed by atoms with Crippen molar-refractivity contribution in [2.24, 2.45) is 0 Å². The van der Waals surface area contributed by atoms with Crippen molar-refractivity contribution in [3.63, 3.8) is 0 Å². The molecule has 2 heterocycles. The van der Waals surface area contributed by atoms with E-state index >= 15 is 0 Å². The molecule has 1 aliphatic heterocycles. The minimum Gasteiger partial charge on any atom is -0.457 e. The summed E-state index contributed by atoms with van der Waals surface area (Å²) >= 11 is 10.1. The number of thioether (sulfide) groups is 1. The van der Waals surface area contributed by atoms with Crippen LogP contribution >= 0.6 is 39.9 Å². The van der Waals surface area contributed by atoms with Crippen LogP contribution in [0.4, 0.5) is 4.79 Å². The van der Waals surface area contributed by atoms with E-state index in [0.29, 0.717) is 17.3 Å². The molecule has 3 aromatic rings. The molecule has 1 saturated heterocycles. The van der Waals surface area contributed by atoms with Gasteiger partial charge in [0.2, 0.25) is 0 Å². The summed E-state index contributed by atoms with van der Waals surface area (Å²) in [6.07, 6.45) is 1.83. The maximum atomic E-state index is 12.4. The van der Waals surface area contributed by atoms with Crippen LogP contribution < -0.4 is 0 Å². The van der Waals surface area contributed by atoms with Crippen LogP contribution in [0.25, 0.3) is 17.4 Å². The summed E-state index contributed by atoms with van der Waals surface area (Å²) in [6.45, 7) is 0.477. The van der Waals surface area contributed by atoms with Crippen LogP contribution in [0, 0.1) is 0 Å². The normalized spacial score (nSPS) is 15.7. The van der Waals surface area contributed by atoms with Crippen LogP contribution in [0.15, 0.2) is 80.5 Å². The van der Waals surface area contributed by atoms with Crippen LogP contribution in [0.3, 0.4) is 0 Å². The molecule has 6 heteroatoms. The first-order chi connectivity index (χ1) is 13.1. The second kappa shape index (κ2) is 7.84. The van der Waals surface area contributed by atoms with Gasteiger partial charge in [0.05, 0.1) is 11.4 Å². The Hall–Kier alpha value is -2.15. The second-order valence-electron chi connectivity index (χ2n) is 5.96. The largest absolute Gasteiger partial charge is 0.457 e. The maximum Gasteiger partial charge on any atom is 0.291 e. The number of furan rings is 1. The second-order valence-corrected chi connectivity index (χ2v) is 8.26. The number of amides is 1. The minimum atomic E-state index is -0.0604. The Balaban J connectivity index is 1.53. The topological polar surface area (TPSA) is 33.5 Å². The number of benzene rings is 2.